The lowest BCUT2D eigenvalue weighted by Gasteiger charge is -2.24. The number of pyridine rings is 1. The monoisotopic (exact) mass is 387 g/mol. The van der Waals surface area contributed by atoms with Crippen LogP contribution in [0.2, 0.25) is 0 Å². The summed E-state index contributed by atoms with van der Waals surface area (Å²) >= 11 is 0. The van der Waals surface area contributed by atoms with Crippen LogP contribution >= 0.6 is 0 Å². The van der Waals surface area contributed by atoms with Crippen LogP contribution in [0, 0.1) is 0 Å². The van der Waals surface area contributed by atoms with Crippen molar-refractivity contribution < 1.29 is 18.8 Å². The molecule has 2 fully saturated rings. The number of nitrogens with one attached hydrogen (secondary N) is 1. The summed E-state index contributed by atoms with van der Waals surface area (Å²) in [6, 6.07) is 4.17. The van der Waals surface area contributed by atoms with E-state index >= 15 is 0 Å². The second-order valence-corrected chi connectivity index (χ2v) is 6.92. The van der Waals surface area contributed by atoms with Crippen LogP contribution < -0.4 is 5.56 Å². The Bertz CT molecular complexity index is 938. The molecule has 1 N–H and O–H groups in total. The normalized spacial score (nSPS) is 21.4. The Morgan fingerprint density at radius 2 is 2.21 bits per heavy atom. The Morgan fingerprint density at radius 3 is 3.00 bits per heavy atom. The van der Waals surface area contributed by atoms with Crippen molar-refractivity contribution in [3.63, 3.8) is 0 Å². The van der Waals surface area contributed by atoms with Gasteiger partial charge in [-0.1, -0.05) is 11.2 Å². The molecule has 2 atom stereocenters. The standard InChI is InChI=1S/C18H21N5O5/c1-27-8-6-16-20-14(21-28-16)10-23-12-5-7-22(13(12)9-17(23)25)18(26)11-3-2-4-15(24)19-11/h2-4,12-13H,5-10H2,1H3,(H,19,24)/t12-,13-/m0/s1. The minimum Gasteiger partial charge on any atom is -0.384 e. The number of H-pyrrole nitrogens is 1. The summed E-state index contributed by atoms with van der Waals surface area (Å²) in [5.41, 5.74) is -0.0906. The largest absolute Gasteiger partial charge is 0.384 e. The van der Waals surface area contributed by atoms with E-state index in [0.29, 0.717) is 37.7 Å². The first-order valence-corrected chi connectivity index (χ1v) is 9.17. The molecule has 4 heterocycles. The molecule has 4 rings (SSSR count). The number of carbonyl (C=O) groups excluding carboxylic acids is 2. The zero-order chi connectivity index (χ0) is 19.7. The fourth-order valence-corrected chi connectivity index (χ4v) is 3.91. The second kappa shape index (κ2) is 7.55. The first-order chi connectivity index (χ1) is 13.6. The van der Waals surface area contributed by atoms with Crippen LogP contribution in [0.3, 0.4) is 0 Å². The van der Waals surface area contributed by atoms with Gasteiger partial charge in [0.1, 0.15) is 5.69 Å². The average Bonchev–Trinajstić information content (AvgIpc) is 3.37. The smallest absolute Gasteiger partial charge is 0.270 e. The van der Waals surface area contributed by atoms with Crippen LogP contribution in [0.15, 0.2) is 27.5 Å². The maximum absolute atomic E-state index is 12.8. The molecule has 28 heavy (non-hydrogen) atoms. The molecule has 2 amide bonds. The van der Waals surface area contributed by atoms with E-state index < -0.39 is 0 Å². The third-order valence-electron chi connectivity index (χ3n) is 5.22. The van der Waals surface area contributed by atoms with Crippen molar-refractivity contribution >= 4 is 11.8 Å². The number of nitrogens with zero attached hydrogens (tertiary/aromatic N) is 4. The molecule has 2 saturated heterocycles. The number of aromatic amines is 1. The number of likely N-dealkylation sites (tertiary alicyclic amines) is 2. The quantitative estimate of drug-likeness (QED) is 0.738. The van der Waals surface area contributed by atoms with Gasteiger partial charge in [0.05, 0.1) is 31.7 Å². The third kappa shape index (κ3) is 3.42. The van der Waals surface area contributed by atoms with E-state index in [9.17, 15) is 14.4 Å². The van der Waals surface area contributed by atoms with E-state index in [-0.39, 0.29) is 48.1 Å². The summed E-state index contributed by atoms with van der Waals surface area (Å²) in [6.07, 6.45) is 1.44. The first-order valence-electron chi connectivity index (χ1n) is 9.17. The van der Waals surface area contributed by atoms with Crippen LogP contribution in [0.1, 0.15) is 35.0 Å². The van der Waals surface area contributed by atoms with Crippen molar-refractivity contribution in [2.24, 2.45) is 0 Å². The molecule has 0 bridgehead atoms. The fraction of sp³-hybridized carbons (Fsp3) is 0.500. The lowest BCUT2D eigenvalue weighted by Crippen LogP contribution is -2.40. The van der Waals surface area contributed by atoms with Gasteiger partial charge in [0.25, 0.3) is 5.91 Å². The molecule has 0 radical (unpaired) electrons. The molecule has 10 nitrogen and oxygen atoms in total. The highest BCUT2D eigenvalue weighted by Crippen LogP contribution is 2.34. The zero-order valence-electron chi connectivity index (χ0n) is 15.5. The SMILES string of the molecule is COCCc1nc(CN2C(=O)C[C@H]3[C@@H]2CCN3C(=O)c2cccc(=O)[nH]2)no1. The van der Waals surface area contributed by atoms with Crippen LogP contribution in [0.25, 0.3) is 0 Å². The van der Waals surface area contributed by atoms with E-state index in [2.05, 4.69) is 15.1 Å². The number of carbonyl (C=O) groups is 2. The van der Waals surface area contributed by atoms with Crippen molar-refractivity contribution in [3.05, 3.63) is 46.0 Å². The van der Waals surface area contributed by atoms with E-state index in [0.717, 1.165) is 0 Å². The fourth-order valence-electron chi connectivity index (χ4n) is 3.91. The van der Waals surface area contributed by atoms with Gasteiger partial charge in [0.2, 0.25) is 17.4 Å². The summed E-state index contributed by atoms with van der Waals surface area (Å²) in [5, 5.41) is 3.94. The number of hydrogen-bond acceptors (Lipinski definition) is 7. The molecule has 2 aromatic heterocycles. The second-order valence-electron chi connectivity index (χ2n) is 6.92. The Morgan fingerprint density at radius 1 is 1.36 bits per heavy atom. The number of amides is 2. The summed E-state index contributed by atoms with van der Waals surface area (Å²) in [4.78, 5) is 47.1. The summed E-state index contributed by atoms with van der Waals surface area (Å²) in [7, 11) is 1.60. The maximum Gasteiger partial charge on any atom is 0.270 e. The lowest BCUT2D eigenvalue weighted by atomic mass is 10.1. The van der Waals surface area contributed by atoms with Crippen molar-refractivity contribution in [1.29, 1.82) is 0 Å². The van der Waals surface area contributed by atoms with Gasteiger partial charge in [-0.25, -0.2) is 0 Å². The number of aromatic nitrogens is 3. The van der Waals surface area contributed by atoms with Gasteiger partial charge in [0, 0.05) is 26.1 Å². The van der Waals surface area contributed by atoms with E-state index in [1.54, 1.807) is 29.0 Å². The van der Waals surface area contributed by atoms with Gasteiger partial charge < -0.3 is 24.0 Å². The lowest BCUT2D eigenvalue weighted by molar-refractivity contribution is -0.129. The maximum atomic E-state index is 12.8. The van der Waals surface area contributed by atoms with Crippen molar-refractivity contribution in [3.8, 4) is 0 Å². The average molecular weight is 387 g/mol. The van der Waals surface area contributed by atoms with Crippen LogP contribution in [-0.2, 0) is 22.5 Å². The number of rotatable bonds is 6. The van der Waals surface area contributed by atoms with Crippen molar-refractivity contribution in [2.75, 3.05) is 20.3 Å². The highest BCUT2D eigenvalue weighted by Gasteiger charge is 2.48. The molecule has 2 aromatic rings. The molecule has 0 saturated carbocycles. The summed E-state index contributed by atoms with van der Waals surface area (Å²) < 4.78 is 10.2. The van der Waals surface area contributed by atoms with Crippen LogP contribution in [-0.4, -0.2) is 69.1 Å². The Kier molecular flexibility index (Phi) is 4.95. The Hall–Kier alpha value is -3.01. The molecule has 0 spiro atoms. The first kappa shape index (κ1) is 18.4. The molecule has 2 aliphatic heterocycles. The van der Waals surface area contributed by atoms with Gasteiger partial charge >= 0.3 is 0 Å². The minimum atomic E-state index is -0.327. The molecule has 0 aromatic carbocycles. The van der Waals surface area contributed by atoms with Gasteiger partial charge in [-0.3, -0.25) is 14.4 Å². The molecule has 10 heteroatoms. The summed E-state index contributed by atoms with van der Waals surface area (Å²) in [6.45, 7) is 1.26. The highest BCUT2D eigenvalue weighted by atomic mass is 16.5. The highest BCUT2D eigenvalue weighted by molar-refractivity contribution is 5.93. The van der Waals surface area contributed by atoms with Gasteiger partial charge in [-0.2, -0.15) is 4.98 Å². The number of hydrogen-bond donors (Lipinski definition) is 1. The number of ether oxygens (including phenoxy) is 1. The molecule has 0 aliphatic carbocycles. The van der Waals surface area contributed by atoms with Gasteiger partial charge in [-0.15, -0.1) is 0 Å². The molecular weight excluding hydrogens is 366 g/mol. The Labute approximate surface area is 160 Å². The molecule has 0 unspecified atom stereocenters. The zero-order valence-corrected chi connectivity index (χ0v) is 15.5. The van der Waals surface area contributed by atoms with E-state index in [1.807, 2.05) is 0 Å². The van der Waals surface area contributed by atoms with Gasteiger partial charge in [0.15, 0.2) is 5.82 Å². The third-order valence-corrected chi connectivity index (χ3v) is 5.22. The Balaban J connectivity index is 1.46. The van der Waals surface area contributed by atoms with Crippen LogP contribution in [0.4, 0.5) is 0 Å². The topological polar surface area (TPSA) is 122 Å². The van der Waals surface area contributed by atoms with Crippen molar-refractivity contribution in [1.82, 2.24) is 24.9 Å². The molecule has 148 valence electrons. The van der Waals surface area contributed by atoms with Gasteiger partial charge in [-0.05, 0) is 12.5 Å². The van der Waals surface area contributed by atoms with E-state index in [1.165, 1.54) is 6.07 Å². The number of fused-ring (bicyclic) bond motifs is 1. The predicted octanol–water partition coefficient (Wildman–Crippen LogP) is -0.0376. The van der Waals surface area contributed by atoms with Crippen molar-refractivity contribution in [2.45, 2.75) is 37.9 Å². The van der Waals surface area contributed by atoms with Crippen LogP contribution in [0.5, 0.6) is 0 Å². The molecule has 2 aliphatic rings. The number of methoxy groups -OCH3 is 1. The minimum absolute atomic E-state index is 0.0442. The molecular formula is C18H21N5O5. The predicted molar refractivity (Wildman–Crippen MR) is 95.3 cm³/mol. The van der Waals surface area contributed by atoms with E-state index in [4.69, 9.17) is 9.26 Å². The summed E-state index contributed by atoms with van der Waals surface area (Å²) in [5.74, 6) is 0.604.